The summed E-state index contributed by atoms with van der Waals surface area (Å²) in [4.78, 5) is 45.6. The molecule has 0 aliphatic carbocycles. The van der Waals surface area contributed by atoms with Crippen LogP contribution in [-0.4, -0.2) is 31.3 Å². The monoisotopic (exact) mass is 585 g/mol. The predicted octanol–water partition coefficient (Wildman–Crippen LogP) is 4.72. The van der Waals surface area contributed by atoms with Gasteiger partial charge in [0.2, 0.25) is 5.91 Å². The van der Waals surface area contributed by atoms with Gasteiger partial charge in [0.15, 0.2) is 6.10 Å². The predicted molar refractivity (Wildman–Crippen MR) is 151 cm³/mol. The van der Waals surface area contributed by atoms with E-state index in [0.29, 0.717) is 11.3 Å². The van der Waals surface area contributed by atoms with Crippen LogP contribution >= 0.6 is 0 Å². The number of hydrogen-bond donors (Lipinski definition) is 0. The van der Waals surface area contributed by atoms with Crippen LogP contribution in [0, 0.1) is 23.0 Å². The van der Waals surface area contributed by atoms with Gasteiger partial charge in [-0.25, -0.2) is 9.96 Å². The summed E-state index contributed by atoms with van der Waals surface area (Å²) < 4.78 is 30.7. The maximum Gasteiger partial charge on any atom is 0.339 e. The summed E-state index contributed by atoms with van der Waals surface area (Å²) in [6, 6.07) is 25.5. The van der Waals surface area contributed by atoms with E-state index in [0.717, 1.165) is 10.5 Å². The number of non-ortho nitro benzene ring substituents is 1. The van der Waals surface area contributed by atoms with Crippen molar-refractivity contribution in [1.82, 2.24) is 0 Å². The first-order valence-electron chi connectivity index (χ1n) is 12.9. The van der Waals surface area contributed by atoms with Gasteiger partial charge in [0.25, 0.3) is 11.6 Å². The third-order valence-electron chi connectivity index (χ3n) is 7.23. The van der Waals surface area contributed by atoms with Crippen LogP contribution in [0.15, 0.2) is 108 Å². The number of nitrogens with zero attached hydrogens (tertiary/aromatic N) is 3. The van der Waals surface area contributed by atoms with E-state index in [2.05, 4.69) is 0 Å². The van der Waals surface area contributed by atoms with Crippen LogP contribution in [0.2, 0.25) is 0 Å². The summed E-state index contributed by atoms with van der Waals surface area (Å²) >= 11 is 0. The van der Waals surface area contributed by atoms with Crippen molar-refractivity contribution < 1.29 is 32.0 Å². The van der Waals surface area contributed by atoms with Gasteiger partial charge in [0.1, 0.15) is 16.6 Å². The number of imide groups is 1. The van der Waals surface area contributed by atoms with Crippen molar-refractivity contribution in [3.8, 4) is 5.75 Å². The number of hydrogen-bond acceptors (Lipinski definition) is 9. The molecule has 0 saturated carbocycles. The molecule has 2 saturated heterocycles. The molecule has 6 rings (SSSR count). The number of benzene rings is 4. The number of nitro benzene ring substituents is 1. The zero-order valence-electron chi connectivity index (χ0n) is 22.1. The Bertz CT molecular complexity index is 1810. The number of para-hydroxylation sites is 1. The van der Waals surface area contributed by atoms with Crippen LogP contribution in [-0.2, 0) is 24.5 Å². The second-order valence-electron chi connectivity index (χ2n) is 9.82. The zero-order chi connectivity index (χ0) is 29.6. The standard InChI is InChI=1S/C30H23N3O8S/c1-19-8-5-6-13-25(19)31-29(34)26-27(32(40-28(26)30(31)35)21-9-7-10-22(18-21)33(36)37)20-14-16-23(17-15-20)41-42(38,39)24-11-3-2-4-12-24/h2-18,26-28H,1H3/t26-,27-,28+/m1/s1. The molecule has 0 bridgehead atoms. The first-order valence-corrected chi connectivity index (χ1v) is 14.3. The maximum atomic E-state index is 13.9. The van der Waals surface area contributed by atoms with E-state index in [1.54, 1.807) is 67.6 Å². The molecule has 2 heterocycles. The average molecular weight is 586 g/mol. The van der Waals surface area contributed by atoms with Crippen molar-refractivity contribution in [2.75, 3.05) is 9.96 Å². The molecule has 2 fully saturated rings. The first-order chi connectivity index (χ1) is 20.2. The normalized spacial score (nSPS) is 20.1. The molecule has 12 heteroatoms. The highest BCUT2D eigenvalue weighted by Gasteiger charge is 2.60. The topological polar surface area (TPSA) is 136 Å². The van der Waals surface area contributed by atoms with E-state index in [-0.39, 0.29) is 22.0 Å². The van der Waals surface area contributed by atoms with Crippen LogP contribution in [0.4, 0.5) is 17.1 Å². The summed E-state index contributed by atoms with van der Waals surface area (Å²) in [7, 11) is -4.09. The van der Waals surface area contributed by atoms with E-state index in [1.165, 1.54) is 47.5 Å². The van der Waals surface area contributed by atoms with Gasteiger partial charge in [0.05, 0.1) is 22.3 Å². The van der Waals surface area contributed by atoms with Crippen molar-refractivity contribution >= 4 is 39.0 Å². The summed E-state index contributed by atoms with van der Waals surface area (Å²) in [6.45, 7) is 1.79. The van der Waals surface area contributed by atoms with Crippen molar-refractivity contribution in [1.29, 1.82) is 0 Å². The third-order valence-corrected chi connectivity index (χ3v) is 8.49. The lowest BCUT2D eigenvalue weighted by Gasteiger charge is -2.29. The highest BCUT2D eigenvalue weighted by atomic mass is 32.2. The second-order valence-corrected chi connectivity index (χ2v) is 11.4. The Morgan fingerprint density at radius 2 is 1.55 bits per heavy atom. The minimum Gasteiger partial charge on any atom is -0.379 e. The molecule has 2 aliphatic heterocycles. The van der Waals surface area contributed by atoms with E-state index >= 15 is 0 Å². The fourth-order valence-electron chi connectivity index (χ4n) is 5.26. The van der Waals surface area contributed by atoms with E-state index < -0.39 is 44.9 Å². The minimum absolute atomic E-state index is 0.00989. The molecule has 0 aromatic heterocycles. The van der Waals surface area contributed by atoms with Crippen molar-refractivity contribution in [3.05, 3.63) is 124 Å². The Kier molecular flexibility index (Phi) is 6.71. The van der Waals surface area contributed by atoms with Crippen molar-refractivity contribution in [3.63, 3.8) is 0 Å². The number of carbonyl (C=O) groups is 2. The second kappa shape index (κ2) is 10.4. The Hall–Kier alpha value is -5.07. The largest absolute Gasteiger partial charge is 0.379 e. The van der Waals surface area contributed by atoms with Crippen molar-refractivity contribution in [2.45, 2.75) is 24.0 Å². The lowest BCUT2D eigenvalue weighted by molar-refractivity contribution is -0.384. The molecular formula is C30H23N3O8S. The number of fused-ring (bicyclic) bond motifs is 1. The molecule has 42 heavy (non-hydrogen) atoms. The van der Waals surface area contributed by atoms with E-state index in [1.807, 2.05) is 0 Å². The molecular weight excluding hydrogens is 562 g/mol. The smallest absolute Gasteiger partial charge is 0.339 e. The van der Waals surface area contributed by atoms with Crippen LogP contribution in [0.25, 0.3) is 0 Å². The lowest BCUT2D eigenvalue weighted by atomic mass is 9.90. The third kappa shape index (κ3) is 4.66. The van der Waals surface area contributed by atoms with Gasteiger partial charge in [-0.15, -0.1) is 0 Å². The number of rotatable bonds is 7. The molecule has 3 atom stereocenters. The number of hydroxylamine groups is 1. The highest BCUT2D eigenvalue weighted by molar-refractivity contribution is 7.87. The lowest BCUT2D eigenvalue weighted by Crippen LogP contribution is -2.37. The molecule has 0 N–H and O–H groups in total. The average Bonchev–Trinajstić information content (AvgIpc) is 3.50. The van der Waals surface area contributed by atoms with Crippen LogP contribution in [0.3, 0.4) is 0 Å². The Balaban J connectivity index is 1.38. The first kappa shape index (κ1) is 27.1. The molecule has 2 aliphatic rings. The Morgan fingerprint density at radius 1 is 0.857 bits per heavy atom. The van der Waals surface area contributed by atoms with Crippen LogP contribution in [0.1, 0.15) is 17.2 Å². The molecule has 4 aromatic rings. The molecule has 0 radical (unpaired) electrons. The summed E-state index contributed by atoms with van der Waals surface area (Å²) in [6.07, 6.45) is -1.18. The van der Waals surface area contributed by atoms with E-state index in [4.69, 9.17) is 9.02 Å². The maximum absolute atomic E-state index is 13.9. The number of amides is 2. The van der Waals surface area contributed by atoms with Gasteiger partial charge in [-0.2, -0.15) is 8.42 Å². The molecule has 0 unspecified atom stereocenters. The molecule has 0 spiro atoms. The number of aryl methyl sites for hydroxylation is 1. The van der Waals surface area contributed by atoms with Gasteiger partial charge in [-0.05, 0) is 54.4 Å². The molecule has 4 aromatic carbocycles. The fourth-order valence-corrected chi connectivity index (χ4v) is 6.21. The van der Waals surface area contributed by atoms with Crippen molar-refractivity contribution in [2.24, 2.45) is 5.92 Å². The molecule has 2 amide bonds. The highest BCUT2D eigenvalue weighted by Crippen LogP contribution is 2.48. The van der Waals surface area contributed by atoms with Gasteiger partial charge in [-0.3, -0.25) is 24.5 Å². The number of nitro groups is 1. The van der Waals surface area contributed by atoms with Crippen LogP contribution < -0.4 is 14.1 Å². The Labute approximate surface area is 240 Å². The molecule has 11 nitrogen and oxygen atoms in total. The Morgan fingerprint density at radius 3 is 2.24 bits per heavy atom. The SMILES string of the molecule is Cc1ccccc1N1C(=O)[C@H]2[C@H](ON(c3cccc([N+](=O)[O-])c3)[C@@H]2c2ccc(OS(=O)(=O)c3ccccc3)cc2)C1=O. The van der Waals surface area contributed by atoms with Gasteiger partial charge >= 0.3 is 10.1 Å². The fraction of sp³-hybridized carbons (Fsp3) is 0.133. The van der Waals surface area contributed by atoms with E-state index in [9.17, 15) is 28.1 Å². The van der Waals surface area contributed by atoms with Gasteiger partial charge in [0, 0.05) is 12.1 Å². The zero-order valence-corrected chi connectivity index (χ0v) is 22.9. The summed E-state index contributed by atoms with van der Waals surface area (Å²) in [5, 5.41) is 12.8. The van der Waals surface area contributed by atoms with Crippen LogP contribution in [0.5, 0.6) is 5.75 Å². The molecule has 212 valence electrons. The minimum atomic E-state index is -4.09. The van der Waals surface area contributed by atoms with Gasteiger partial charge < -0.3 is 4.18 Å². The number of anilines is 2. The number of carbonyl (C=O) groups excluding carboxylic acids is 2. The summed E-state index contributed by atoms with van der Waals surface area (Å²) in [5.41, 5.74) is 1.76. The van der Waals surface area contributed by atoms with Gasteiger partial charge in [-0.1, -0.05) is 54.6 Å². The summed E-state index contributed by atoms with van der Waals surface area (Å²) in [5.74, 6) is -1.98. The quantitative estimate of drug-likeness (QED) is 0.131.